The molecule has 1 rings (SSSR count). The molecule has 0 bridgehead atoms. The standard InChI is InChI=1S/C16H22IN3O2S2/c1-4-20(5-2)16(23)24-9-8-14(21)19-15(22)18-13-7-6-12(17)10-11(13)3/h6-7,10H,4-5,8-9H2,1-3H3,(H2,18,19,21,22). The largest absolute Gasteiger partial charge is 0.358 e. The van der Waals surface area contributed by atoms with Gasteiger partial charge in [0, 0.05) is 34.5 Å². The molecule has 0 spiro atoms. The fraction of sp³-hybridized carbons (Fsp3) is 0.438. The molecule has 0 unspecified atom stereocenters. The maximum Gasteiger partial charge on any atom is 0.325 e. The fourth-order valence-electron chi connectivity index (χ4n) is 1.91. The predicted octanol–water partition coefficient (Wildman–Crippen LogP) is 4.00. The van der Waals surface area contributed by atoms with Gasteiger partial charge in [-0.25, -0.2) is 4.79 Å². The Bertz CT molecular complexity index is 607. The van der Waals surface area contributed by atoms with E-state index in [-0.39, 0.29) is 12.3 Å². The Morgan fingerprint density at radius 2 is 1.96 bits per heavy atom. The first-order chi connectivity index (χ1) is 11.4. The maximum absolute atomic E-state index is 11.9. The Hall–Kier alpha value is -0.870. The number of amides is 3. The molecule has 8 heteroatoms. The molecule has 0 aliphatic heterocycles. The molecule has 0 radical (unpaired) electrons. The van der Waals surface area contributed by atoms with Crippen LogP contribution in [-0.4, -0.2) is 40.0 Å². The highest BCUT2D eigenvalue weighted by atomic mass is 127. The van der Waals surface area contributed by atoms with Crippen molar-refractivity contribution < 1.29 is 9.59 Å². The van der Waals surface area contributed by atoms with Crippen molar-refractivity contribution >= 4 is 68.5 Å². The normalized spacial score (nSPS) is 10.2. The van der Waals surface area contributed by atoms with Gasteiger partial charge < -0.3 is 10.2 Å². The highest BCUT2D eigenvalue weighted by Gasteiger charge is 2.11. The van der Waals surface area contributed by atoms with Gasteiger partial charge in [-0.3, -0.25) is 10.1 Å². The number of halogens is 1. The zero-order chi connectivity index (χ0) is 18.1. The van der Waals surface area contributed by atoms with E-state index in [1.54, 1.807) is 0 Å². The first kappa shape index (κ1) is 21.2. The van der Waals surface area contributed by atoms with Crippen LogP contribution in [0.15, 0.2) is 18.2 Å². The van der Waals surface area contributed by atoms with Crippen LogP contribution in [-0.2, 0) is 4.79 Å². The van der Waals surface area contributed by atoms with Gasteiger partial charge in [0.15, 0.2) is 0 Å². The number of urea groups is 1. The average Bonchev–Trinajstić information content (AvgIpc) is 2.51. The topological polar surface area (TPSA) is 61.4 Å². The number of nitrogens with one attached hydrogen (secondary N) is 2. The van der Waals surface area contributed by atoms with Crippen LogP contribution < -0.4 is 10.6 Å². The summed E-state index contributed by atoms with van der Waals surface area (Å²) in [5.74, 6) is 0.238. The zero-order valence-corrected chi connectivity index (χ0v) is 17.8. The van der Waals surface area contributed by atoms with Crippen molar-refractivity contribution in [1.29, 1.82) is 0 Å². The van der Waals surface area contributed by atoms with Crippen LogP contribution in [0.25, 0.3) is 0 Å². The number of thiocarbonyl (C=S) groups is 1. The minimum Gasteiger partial charge on any atom is -0.358 e. The molecule has 24 heavy (non-hydrogen) atoms. The molecule has 5 nitrogen and oxygen atoms in total. The van der Waals surface area contributed by atoms with E-state index in [2.05, 4.69) is 38.1 Å². The summed E-state index contributed by atoms with van der Waals surface area (Å²) in [6.07, 6.45) is 0.241. The summed E-state index contributed by atoms with van der Waals surface area (Å²) < 4.78 is 1.88. The van der Waals surface area contributed by atoms with E-state index >= 15 is 0 Å². The number of hydrogen-bond donors (Lipinski definition) is 2. The first-order valence-corrected chi connectivity index (χ1v) is 10.1. The molecule has 3 amide bonds. The summed E-state index contributed by atoms with van der Waals surface area (Å²) in [7, 11) is 0. The number of anilines is 1. The van der Waals surface area contributed by atoms with Gasteiger partial charge in [0.25, 0.3) is 0 Å². The van der Waals surface area contributed by atoms with Crippen molar-refractivity contribution in [1.82, 2.24) is 10.2 Å². The van der Waals surface area contributed by atoms with Crippen molar-refractivity contribution in [3.05, 3.63) is 27.3 Å². The molecule has 0 saturated carbocycles. The highest BCUT2D eigenvalue weighted by Crippen LogP contribution is 2.17. The van der Waals surface area contributed by atoms with Crippen molar-refractivity contribution in [2.75, 3.05) is 24.2 Å². The molecule has 1 aromatic rings. The lowest BCUT2D eigenvalue weighted by atomic mass is 10.2. The van der Waals surface area contributed by atoms with Crippen LogP contribution in [0.4, 0.5) is 10.5 Å². The zero-order valence-electron chi connectivity index (χ0n) is 14.0. The number of carbonyl (C=O) groups excluding carboxylic acids is 2. The van der Waals surface area contributed by atoms with E-state index in [9.17, 15) is 9.59 Å². The lowest BCUT2D eigenvalue weighted by Crippen LogP contribution is -2.35. The Morgan fingerprint density at radius 3 is 2.54 bits per heavy atom. The third-order valence-electron chi connectivity index (χ3n) is 3.27. The van der Waals surface area contributed by atoms with Crippen molar-refractivity contribution in [3.63, 3.8) is 0 Å². The van der Waals surface area contributed by atoms with Gasteiger partial charge in [-0.2, -0.15) is 0 Å². The summed E-state index contributed by atoms with van der Waals surface area (Å²) >= 11 is 8.97. The molecule has 2 N–H and O–H groups in total. The lowest BCUT2D eigenvalue weighted by Gasteiger charge is -2.20. The SMILES string of the molecule is CCN(CC)C(=S)SCCC(=O)NC(=O)Nc1ccc(I)cc1C. The number of thioether (sulfide) groups is 1. The number of aryl methyl sites for hydroxylation is 1. The van der Waals surface area contributed by atoms with Crippen LogP contribution in [0.3, 0.4) is 0 Å². The van der Waals surface area contributed by atoms with Gasteiger partial charge in [-0.05, 0) is 67.1 Å². The van der Waals surface area contributed by atoms with Crippen molar-refractivity contribution in [2.24, 2.45) is 0 Å². The smallest absolute Gasteiger partial charge is 0.325 e. The van der Waals surface area contributed by atoms with E-state index in [0.29, 0.717) is 11.4 Å². The number of benzene rings is 1. The maximum atomic E-state index is 11.9. The number of rotatable bonds is 6. The predicted molar refractivity (Wildman–Crippen MR) is 114 cm³/mol. The van der Waals surface area contributed by atoms with Crippen LogP contribution in [0.2, 0.25) is 0 Å². The second kappa shape index (κ2) is 10.9. The summed E-state index contributed by atoms with van der Waals surface area (Å²) in [4.78, 5) is 25.8. The fourth-order valence-corrected chi connectivity index (χ4v) is 3.97. The second-order valence-electron chi connectivity index (χ2n) is 5.00. The van der Waals surface area contributed by atoms with Gasteiger partial charge in [0.05, 0.1) is 0 Å². The van der Waals surface area contributed by atoms with E-state index in [4.69, 9.17) is 12.2 Å². The minimum atomic E-state index is -0.513. The van der Waals surface area contributed by atoms with Crippen LogP contribution in [0.1, 0.15) is 25.8 Å². The minimum absolute atomic E-state index is 0.241. The Balaban J connectivity index is 2.37. The second-order valence-corrected chi connectivity index (χ2v) is 7.97. The highest BCUT2D eigenvalue weighted by molar-refractivity contribution is 14.1. The summed E-state index contributed by atoms with van der Waals surface area (Å²) in [6, 6.07) is 5.17. The van der Waals surface area contributed by atoms with E-state index in [1.165, 1.54) is 11.8 Å². The molecule has 1 aromatic carbocycles. The van der Waals surface area contributed by atoms with E-state index in [1.807, 2.05) is 39.0 Å². The lowest BCUT2D eigenvalue weighted by molar-refractivity contribution is -0.119. The Morgan fingerprint density at radius 1 is 1.29 bits per heavy atom. The van der Waals surface area contributed by atoms with Gasteiger partial charge in [-0.15, -0.1) is 0 Å². The molecule has 0 aliphatic carbocycles. The third-order valence-corrected chi connectivity index (χ3v) is 5.46. The number of hydrogen-bond acceptors (Lipinski definition) is 4. The average molecular weight is 479 g/mol. The quantitative estimate of drug-likeness (QED) is 0.477. The molecular formula is C16H22IN3O2S2. The molecule has 132 valence electrons. The molecule has 0 aromatic heterocycles. The van der Waals surface area contributed by atoms with Crippen LogP contribution in [0.5, 0.6) is 0 Å². The Kier molecular flexibility index (Phi) is 9.60. The van der Waals surface area contributed by atoms with Crippen molar-refractivity contribution in [2.45, 2.75) is 27.2 Å². The molecule has 0 saturated heterocycles. The molecule has 0 heterocycles. The van der Waals surface area contributed by atoms with Crippen LogP contribution >= 0.6 is 46.6 Å². The molecule has 0 fully saturated rings. The third kappa shape index (κ3) is 7.35. The summed E-state index contributed by atoms with van der Waals surface area (Å²) in [5.41, 5.74) is 1.64. The van der Waals surface area contributed by atoms with Gasteiger partial charge in [0.2, 0.25) is 5.91 Å². The molecule has 0 atom stereocenters. The molecule has 0 aliphatic rings. The van der Waals surface area contributed by atoms with E-state index < -0.39 is 6.03 Å². The van der Waals surface area contributed by atoms with Crippen LogP contribution in [0, 0.1) is 10.5 Å². The van der Waals surface area contributed by atoms with Gasteiger partial charge in [-0.1, -0.05) is 24.0 Å². The monoisotopic (exact) mass is 479 g/mol. The number of imide groups is 1. The first-order valence-electron chi connectivity index (χ1n) is 7.66. The van der Waals surface area contributed by atoms with Gasteiger partial charge in [0.1, 0.15) is 4.32 Å². The number of nitrogens with zero attached hydrogens (tertiary/aromatic N) is 1. The van der Waals surface area contributed by atoms with Crippen molar-refractivity contribution in [3.8, 4) is 0 Å². The summed E-state index contributed by atoms with van der Waals surface area (Å²) in [6.45, 7) is 7.70. The summed E-state index contributed by atoms with van der Waals surface area (Å²) in [5, 5.41) is 5.03. The van der Waals surface area contributed by atoms with Gasteiger partial charge >= 0.3 is 6.03 Å². The number of carbonyl (C=O) groups is 2. The van der Waals surface area contributed by atoms with E-state index in [0.717, 1.165) is 26.5 Å². The molecular weight excluding hydrogens is 457 g/mol. The Labute approximate surface area is 166 Å².